The molecule has 0 aliphatic rings. The van der Waals surface area contributed by atoms with E-state index in [-0.39, 0.29) is 12.8 Å². The SMILES string of the molecule is CC/C=C\C/C=C\C/C=C\C/C=C\CCCCCCC(=O)OC(CO)COP(=O)(O)OCC(CO)OC(=O)CCCCCCCCCCC/C=C\CCCCCCCCCC. The third-order valence-corrected chi connectivity index (χ3v) is 11.2. The molecular weight excluding hydrogens is 792 g/mol. The second kappa shape index (κ2) is 45.7. The average molecular weight is 881 g/mol. The summed E-state index contributed by atoms with van der Waals surface area (Å²) in [5.74, 6) is -1.04. The molecule has 0 saturated heterocycles. The van der Waals surface area contributed by atoms with Gasteiger partial charge in [-0.2, -0.15) is 0 Å². The van der Waals surface area contributed by atoms with Gasteiger partial charge in [-0.3, -0.25) is 18.6 Å². The first-order chi connectivity index (χ1) is 29.8. The highest BCUT2D eigenvalue weighted by Crippen LogP contribution is 2.43. The molecule has 0 aliphatic heterocycles. The molecule has 3 N–H and O–H groups in total. The first kappa shape index (κ1) is 58.7. The Labute approximate surface area is 372 Å². The molecule has 0 bridgehead atoms. The second-order valence-electron chi connectivity index (χ2n) is 16.1. The maximum Gasteiger partial charge on any atom is 0.472 e. The van der Waals surface area contributed by atoms with Gasteiger partial charge in [0.1, 0.15) is 12.2 Å². The number of phosphoric acid groups is 1. The topological polar surface area (TPSA) is 149 Å². The van der Waals surface area contributed by atoms with Gasteiger partial charge in [0.15, 0.2) is 0 Å². The number of hydrogen-bond donors (Lipinski definition) is 3. The van der Waals surface area contributed by atoms with Crippen LogP contribution in [0.15, 0.2) is 60.8 Å². The molecule has 11 heteroatoms. The quantitative estimate of drug-likeness (QED) is 0.0233. The van der Waals surface area contributed by atoms with E-state index in [0.717, 1.165) is 70.6 Å². The van der Waals surface area contributed by atoms with E-state index in [2.05, 4.69) is 74.6 Å². The molecule has 0 aromatic heterocycles. The van der Waals surface area contributed by atoms with Crippen molar-refractivity contribution in [2.75, 3.05) is 26.4 Å². The van der Waals surface area contributed by atoms with E-state index in [4.69, 9.17) is 18.5 Å². The summed E-state index contributed by atoms with van der Waals surface area (Å²) in [5, 5.41) is 19.2. The first-order valence-electron chi connectivity index (χ1n) is 24.2. The summed E-state index contributed by atoms with van der Waals surface area (Å²) < 4.78 is 32.6. The van der Waals surface area contributed by atoms with Crippen LogP contribution in [0.1, 0.15) is 206 Å². The molecule has 3 atom stereocenters. The molecule has 0 amide bonds. The minimum atomic E-state index is -4.65. The van der Waals surface area contributed by atoms with Crippen molar-refractivity contribution in [1.82, 2.24) is 0 Å². The smallest absolute Gasteiger partial charge is 0.457 e. The Bertz CT molecular complexity index is 1200. The van der Waals surface area contributed by atoms with Crippen molar-refractivity contribution in [2.45, 2.75) is 219 Å². The number of aliphatic hydroxyl groups excluding tert-OH is 2. The Morgan fingerprint density at radius 1 is 0.459 bits per heavy atom. The highest BCUT2D eigenvalue weighted by atomic mass is 31.2. The lowest BCUT2D eigenvalue weighted by molar-refractivity contribution is -0.153. The van der Waals surface area contributed by atoms with E-state index in [1.54, 1.807) is 0 Å². The fraction of sp³-hybridized carbons (Fsp3) is 0.760. The van der Waals surface area contributed by atoms with Gasteiger partial charge in [0.2, 0.25) is 0 Å². The molecule has 0 radical (unpaired) electrons. The van der Waals surface area contributed by atoms with Gasteiger partial charge in [-0.25, -0.2) is 4.57 Å². The molecule has 0 spiro atoms. The summed E-state index contributed by atoms with van der Waals surface area (Å²) in [6.45, 7) is 2.08. The lowest BCUT2D eigenvalue weighted by atomic mass is 10.1. The van der Waals surface area contributed by atoms with Crippen LogP contribution in [0.3, 0.4) is 0 Å². The average Bonchev–Trinajstić information content (AvgIpc) is 3.25. The van der Waals surface area contributed by atoms with Crippen LogP contribution < -0.4 is 0 Å². The van der Waals surface area contributed by atoms with Crippen LogP contribution in [0.25, 0.3) is 0 Å². The molecule has 354 valence electrons. The molecular formula is C50H89O10P. The summed E-state index contributed by atoms with van der Waals surface area (Å²) in [5.41, 5.74) is 0. The molecule has 0 fully saturated rings. The van der Waals surface area contributed by atoms with Gasteiger partial charge in [0.25, 0.3) is 0 Å². The van der Waals surface area contributed by atoms with Crippen LogP contribution in [-0.2, 0) is 32.7 Å². The standard InChI is InChI=1S/C50H89O10P/c1-3-5-7-9-11-13-15-17-19-21-22-23-24-26-28-30-32-34-36-38-40-42-50(54)60-48(44-52)46-58-61(55,56)57-45-47(43-51)59-49(53)41-39-37-35-33-31-29-27-25-20-18-16-14-12-10-8-6-4-2/h6,8,12,14,18,20-22,27,29,47-48,51-52H,3-5,7,9-11,13,15-17,19,23-26,28,30-46H2,1-2H3,(H,55,56)/b8-6-,14-12-,20-18-,22-21-,29-27-. The molecule has 0 aliphatic carbocycles. The van der Waals surface area contributed by atoms with Crippen LogP contribution in [0.2, 0.25) is 0 Å². The number of ether oxygens (including phenoxy) is 2. The third kappa shape index (κ3) is 44.1. The summed E-state index contributed by atoms with van der Waals surface area (Å²) in [6.07, 6.45) is 51.9. The van der Waals surface area contributed by atoms with Crippen molar-refractivity contribution in [3.8, 4) is 0 Å². The molecule has 10 nitrogen and oxygen atoms in total. The number of hydrogen-bond acceptors (Lipinski definition) is 9. The first-order valence-corrected chi connectivity index (χ1v) is 25.7. The number of allylic oxidation sites excluding steroid dienone is 10. The van der Waals surface area contributed by atoms with Crippen LogP contribution in [0.4, 0.5) is 0 Å². The Balaban J connectivity index is 3.90. The summed E-state index contributed by atoms with van der Waals surface area (Å²) >= 11 is 0. The zero-order chi connectivity index (χ0) is 44.8. The Morgan fingerprint density at radius 2 is 0.770 bits per heavy atom. The molecule has 0 heterocycles. The van der Waals surface area contributed by atoms with E-state index < -0.39 is 58.4 Å². The van der Waals surface area contributed by atoms with Gasteiger partial charge < -0.3 is 24.6 Å². The predicted molar refractivity (Wildman–Crippen MR) is 251 cm³/mol. The fourth-order valence-corrected chi connectivity index (χ4v) is 7.30. The van der Waals surface area contributed by atoms with Crippen molar-refractivity contribution in [1.29, 1.82) is 0 Å². The largest absolute Gasteiger partial charge is 0.472 e. The van der Waals surface area contributed by atoms with Gasteiger partial charge in [-0.1, -0.05) is 177 Å². The number of esters is 2. The van der Waals surface area contributed by atoms with Gasteiger partial charge in [-0.05, 0) is 77.0 Å². The van der Waals surface area contributed by atoms with Crippen LogP contribution in [0, 0.1) is 0 Å². The maximum absolute atomic E-state index is 12.4. The molecule has 0 rings (SSSR count). The zero-order valence-corrected chi connectivity index (χ0v) is 39.5. The minimum Gasteiger partial charge on any atom is -0.457 e. The lowest BCUT2D eigenvalue weighted by Gasteiger charge is -2.20. The van der Waals surface area contributed by atoms with Crippen LogP contribution in [-0.4, -0.2) is 65.7 Å². The van der Waals surface area contributed by atoms with Gasteiger partial charge in [0.05, 0.1) is 26.4 Å². The Kier molecular flexibility index (Phi) is 43.9. The molecule has 0 saturated carbocycles. The monoisotopic (exact) mass is 881 g/mol. The van der Waals surface area contributed by atoms with E-state index >= 15 is 0 Å². The third-order valence-electron chi connectivity index (χ3n) is 10.2. The van der Waals surface area contributed by atoms with Gasteiger partial charge >= 0.3 is 19.8 Å². The number of aliphatic hydroxyl groups is 2. The molecule has 3 unspecified atom stereocenters. The summed E-state index contributed by atoms with van der Waals surface area (Å²) in [7, 11) is -4.65. The van der Waals surface area contributed by atoms with E-state index in [1.807, 2.05) is 0 Å². The Hall–Kier alpha value is -2.33. The summed E-state index contributed by atoms with van der Waals surface area (Å²) in [6, 6.07) is 0. The van der Waals surface area contributed by atoms with Crippen molar-refractivity contribution in [3.63, 3.8) is 0 Å². The number of rotatable bonds is 45. The summed E-state index contributed by atoms with van der Waals surface area (Å²) in [4.78, 5) is 34.6. The van der Waals surface area contributed by atoms with Crippen molar-refractivity contribution >= 4 is 19.8 Å². The highest BCUT2D eigenvalue weighted by Gasteiger charge is 2.27. The van der Waals surface area contributed by atoms with Crippen LogP contribution >= 0.6 is 7.82 Å². The second-order valence-corrected chi connectivity index (χ2v) is 17.5. The number of carbonyl (C=O) groups excluding carboxylic acids is 2. The van der Waals surface area contributed by atoms with Gasteiger partial charge in [0, 0.05) is 12.8 Å². The Morgan fingerprint density at radius 3 is 1.13 bits per heavy atom. The normalized spacial score (nSPS) is 14.2. The van der Waals surface area contributed by atoms with Crippen LogP contribution in [0.5, 0.6) is 0 Å². The lowest BCUT2D eigenvalue weighted by Crippen LogP contribution is -2.28. The molecule has 61 heavy (non-hydrogen) atoms. The number of carbonyl (C=O) groups is 2. The van der Waals surface area contributed by atoms with E-state index in [1.165, 1.54) is 96.3 Å². The number of phosphoric ester groups is 1. The molecule has 0 aromatic carbocycles. The van der Waals surface area contributed by atoms with Gasteiger partial charge in [-0.15, -0.1) is 0 Å². The van der Waals surface area contributed by atoms with E-state index in [9.17, 15) is 29.3 Å². The molecule has 0 aromatic rings. The highest BCUT2D eigenvalue weighted by molar-refractivity contribution is 7.47. The van der Waals surface area contributed by atoms with Crippen molar-refractivity contribution < 1.29 is 47.8 Å². The van der Waals surface area contributed by atoms with E-state index in [0.29, 0.717) is 12.8 Å². The zero-order valence-electron chi connectivity index (χ0n) is 38.6. The van der Waals surface area contributed by atoms with Crippen molar-refractivity contribution in [2.24, 2.45) is 0 Å². The fourth-order valence-electron chi connectivity index (χ4n) is 6.51. The maximum atomic E-state index is 12.4. The number of unbranched alkanes of at least 4 members (excludes halogenated alkanes) is 21. The minimum absolute atomic E-state index is 0.162. The predicted octanol–water partition coefficient (Wildman–Crippen LogP) is 13.5. The van der Waals surface area contributed by atoms with Crippen molar-refractivity contribution in [3.05, 3.63) is 60.8 Å².